The minimum atomic E-state index is -0.968. The lowest BCUT2D eigenvalue weighted by Crippen LogP contribution is -2.54. The van der Waals surface area contributed by atoms with Gasteiger partial charge in [-0.15, -0.1) is 11.8 Å². The van der Waals surface area contributed by atoms with E-state index in [1.54, 1.807) is 15.9 Å². The van der Waals surface area contributed by atoms with Crippen LogP contribution >= 0.6 is 23.4 Å². The molecule has 3 amide bonds. The van der Waals surface area contributed by atoms with E-state index in [1.807, 2.05) is 74.5 Å². The van der Waals surface area contributed by atoms with E-state index < -0.39 is 22.6 Å². The van der Waals surface area contributed by atoms with Gasteiger partial charge in [-0.2, -0.15) is 0 Å². The fraction of sp³-hybridized carbons (Fsp3) is 0.387. The molecule has 2 saturated heterocycles. The molecule has 2 fully saturated rings. The van der Waals surface area contributed by atoms with Crippen LogP contribution in [0.5, 0.6) is 5.75 Å². The number of carbonyl (C=O) groups is 3. The van der Waals surface area contributed by atoms with E-state index in [0.717, 1.165) is 17.0 Å². The molecule has 2 aromatic rings. The van der Waals surface area contributed by atoms with Gasteiger partial charge in [0.15, 0.2) is 0 Å². The van der Waals surface area contributed by atoms with Crippen molar-refractivity contribution in [1.82, 2.24) is 4.90 Å². The van der Waals surface area contributed by atoms with Crippen LogP contribution < -0.4 is 14.5 Å². The summed E-state index contributed by atoms with van der Waals surface area (Å²) in [7, 11) is 0. The van der Waals surface area contributed by atoms with Crippen LogP contribution in [0.4, 0.5) is 11.4 Å². The van der Waals surface area contributed by atoms with Gasteiger partial charge in [0, 0.05) is 30.6 Å². The van der Waals surface area contributed by atoms with Crippen molar-refractivity contribution >= 4 is 52.5 Å². The number of hydrogen-bond donors (Lipinski definition) is 1. The van der Waals surface area contributed by atoms with Crippen LogP contribution in [0, 0.1) is 18.8 Å². The number of aliphatic hydroxyl groups is 1. The molecule has 4 heterocycles. The molecule has 1 N–H and O–H groups in total. The summed E-state index contributed by atoms with van der Waals surface area (Å²) in [5.41, 5.74) is 2.17. The molecule has 0 aliphatic carbocycles. The molecule has 0 bridgehead atoms. The van der Waals surface area contributed by atoms with Crippen molar-refractivity contribution in [1.29, 1.82) is 0 Å². The van der Waals surface area contributed by atoms with Gasteiger partial charge in [-0.1, -0.05) is 48.0 Å². The number of aryl methyl sites for hydroxylation is 1. The second kappa shape index (κ2) is 10.9. The number of β-amino-alcohol motifs (C(OH)–C–C–N with tert-alkyl or cyclic N) is 1. The van der Waals surface area contributed by atoms with Gasteiger partial charge in [0.2, 0.25) is 11.8 Å². The number of ether oxygens (including phenoxy) is 1. The minimum absolute atomic E-state index is 0.00125. The Balaban J connectivity index is 1.41. The number of para-hydroxylation sites is 1. The van der Waals surface area contributed by atoms with Gasteiger partial charge in [-0.05, 0) is 49.7 Å². The first-order chi connectivity index (χ1) is 19.8. The highest BCUT2D eigenvalue weighted by Crippen LogP contribution is 2.61. The summed E-state index contributed by atoms with van der Waals surface area (Å²) in [6, 6.07) is 12.0. The first kappa shape index (κ1) is 27.9. The molecule has 1 spiro atoms. The summed E-state index contributed by atoms with van der Waals surface area (Å²) in [5.74, 6) is -1.41. The van der Waals surface area contributed by atoms with Crippen LogP contribution in [0.15, 0.2) is 66.8 Å². The quantitative estimate of drug-likeness (QED) is 0.512. The average molecular weight is 594 g/mol. The van der Waals surface area contributed by atoms with E-state index in [0.29, 0.717) is 23.9 Å². The number of likely N-dealkylation sites (tertiary alicyclic amines) is 1. The predicted molar refractivity (Wildman–Crippen MR) is 160 cm³/mol. The second-order valence-corrected chi connectivity index (χ2v) is 12.6. The summed E-state index contributed by atoms with van der Waals surface area (Å²) in [5, 5.41) is 10.1. The summed E-state index contributed by atoms with van der Waals surface area (Å²) >= 11 is 8.10. The normalized spacial score (nSPS) is 28.9. The summed E-state index contributed by atoms with van der Waals surface area (Å²) in [6.45, 7) is 4.73. The molecule has 214 valence electrons. The highest BCUT2D eigenvalue weighted by molar-refractivity contribution is 8.02. The lowest BCUT2D eigenvalue weighted by Gasteiger charge is -2.35. The van der Waals surface area contributed by atoms with Crippen molar-refractivity contribution < 1.29 is 24.2 Å². The zero-order valence-electron chi connectivity index (χ0n) is 22.9. The highest BCUT2D eigenvalue weighted by Gasteiger charge is 2.71. The Morgan fingerprint density at radius 2 is 1.78 bits per heavy atom. The number of anilines is 2. The number of aliphatic hydroxyl groups excluding tert-OH is 1. The van der Waals surface area contributed by atoms with Crippen LogP contribution in [0.1, 0.15) is 12.5 Å². The van der Waals surface area contributed by atoms with Gasteiger partial charge in [0.05, 0.1) is 40.5 Å². The molecule has 10 heteroatoms. The maximum absolute atomic E-state index is 14.4. The van der Waals surface area contributed by atoms with Crippen LogP contribution in [-0.2, 0) is 14.4 Å². The number of thioether (sulfide) groups is 1. The number of benzene rings is 2. The smallest absolute Gasteiger partial charge is 0.251 e. The Morgan fingerprint density at radius 3 is 2.49 bits per heavy atom. The van der Waals surface area contributed by atoms with Gasteiger partial charge >= 0.3 is 0 Å². The second-order valence-electron chi connectivity index (χ2n) is 10.7. The predicted octanol–water partition coefficient (Wildman–Crippen LogP) is 3.84. The lowest BCUT2D eigenvalue weighted by atomic mass is 9.78. The van der Waals surface area contributed by atoms with E-state index in [4.69, 9.17) is 16.3 Å². The number of rotatable bonds is 6. The number of amides is 3. The van der Waals surface area contributed by atoms with Crippen molar-refractivity contribution in [3.8, 4) is 5.75 Å². The fourth-order valence-corrected chi connectivity index (χ4v) is 9.10. The number of hydrogen-bond acceptors (Lipinski definition) is 6. The van der Waals surface area contributed by atoms with Crippen LogP contribution in [0.2, 0.25) is 5.02 Å². The summed E-state index contributed by atoms with van der Waals surface area (Å²) in [4.78, 5) is 47.7. The largest absolute Gasteiger partial charge is 0.494 e. The highest BCUT2D eigenvalue weighted by atomic mass is 35.5. The third kappa shape index (κ3) is 4.37. The Kier molecular flexibility index (Phi) is 7.38. The van der Waals surface area contributed by atoms with Crippen LogP contribution in [0.3, 0.4) is 0 Å². The number of fused-ring (bicyclic) bond motifs is 2. The first-order valence-corrected chi connectivity index (χ1v) is 15.1. The standard InChI is InChI=1S/C31H32ClN3O5S/c1-3-40-21-12-10-20(11-13-21)33-15-5-9-23-24(28(33)37)25-29(38)35(17-18-36)27-30(39)34(16-6-14-31(25,27)41-23)26-19(2)7-4-8-22(26)32/h4-14,23-25,27,36H,3,15-18H2,1-2H3/t23-,24+,25-,27?,31-/m0/s1. The zero-order chi connectivity index (χ0) is 28.9. The van der Waals surface area contributed by atoms with Gasteiger partial charge in [0.1, 0.15) is 11.8 Å². The third-order valence-corrected chi connectivity index (χ3v) is 10.5. The summed E-state index contributed by atoms with van der Waals surface area (Å²) in [6.07, 6.45) is 7.86. The maximum Gasteiger partial charge on any atom is 0.251 e. The molecule has 41 heavy (non-hydrogen) atoms. The number of carbonyl (C=O) groups excluding carboxylic acids is 3. The van der Waals surface area contributed by atoms with Crippen LogP contribution in [0.25, 0.3) is 0 Å². The van der Waals surface area contributed by atoms with Crippen molar-refractivity contribution in [3.05, 3.63) is 77.4 Å². The lowest BCUT2D eigenvalue weighted by molar-refractivity contribution is -0.139. The average Bonchev–Trinajstić information content (AvgIpc) is 3.26. The Bertz CT molecular complexity index is 1430. The molecular weight excluding hydrogens is 562 g/mol. The van der Waals surface area contributed by atoms with Crippen molar-refractivity contribution in [2.45, 2.75) is 29.9 Å². The zero-order valence-corrected chi connectivity index (χ0v) is 24.5. The van der Waals surface area contributed by atoms with Gasteiger partial charge in [-0.25, -0.2) is 0 Å². The maximum atomic E-state index is 14.4. The van der Waals surface area contributed by atoms with Gasteiger partial charge in [0.25, 0.3) is 5.91 Å². The first-order valence-electron chi connectivity index (χ1n) is 13.9. The van der Waals surface area contributed by atoms with Crippen LogP contribution in [-0.4, -0.2) is 76.6 Å². The topological polar surface area (TPSA) is 90.4 Å². The fourth-order valence-electron chi connectivity index (χ4n) is 6.77. The molecule has 8 nitrogen and oxygen atoms in total. The van der Waals surface area contributed by atoms with Gasteiger partial charge < -0.3 is 24.5 Å². The number of halogens is 1. The molecule has 0 radical (unpaired) electrons. The Morgan fingerprint density at radius 1 is 1.02 bits per heavy atom. The Hall–Kier alpha value is -3.27. The molecule has 0 aromatic heterocycles. The molecule has 4 aliphatic rings. The monoisotopic (exact) mass is 593 g/mol. The van der Waals surface area contributed by atoms with Crippen molar-refractivity contribution in [2.24, 2.45) is 11.8 Å². The van der Waals surface area contributed by atoms with Crippen molar-refractivity contribution in [3.63, 3.8) is 0 Å². The molecule has 6 rings (SSSR count). The number of nitrogens with zero attached hydrogens (tertiary/aromatic N) is 3. The van der Waals surface area contributed by atoms with E-state index in [2.05, 4.69) is 0 Å². The molecule has 1 unspecified atom stereocenters. The summed E-state index contributed by atoms with van der Waals surface area (Å²) < 4.78 is 4.60. The Labute approximate surface area is 248 Å². The molecule has 5 atom stereocenters. The SMILES string of the molecule is CCOc1ccc(N2CC=C[C@@H]3S[C@]45C=CCN(c6c(C)cccc6Cl)C(=O)C4N(CCO)C(=O)[C@@H]5[C@@H]3C2=O)cc1. The molecule has 2 aromatic carbocycles. The third-order valence-electron chi connectivity index (χ3n) is 8.42. The van der Waals surface area contributed by atoms with E-state index in [9.17, 15) is 19.5 Å². The molecular formula is C31H32ClN3O5S. The van der Waals surface area contributed by atoms with E-state index in [1.165, 1.54) is 16.7 Å². The molecule has 4 aliphatic heterocycles. The van der Waals surface area contributed by atoms with Crippen molar-refractivity contribution in [2.75, 3.05) is 42.6 Å². The van der Waals surface area contributed by atoms with E-state index >= 15 is 0 Å². The minimum Gasteiger partial charge on any atom is -0.494 e. The van der Waals surface area contributed by atoms with Gasteiger partial charge in [-0.3, -0.25) is 14.4 Å². The molecule has 0 saturated carbocycles. The van der Waals surface area contributed by atoms with E-state index in [-0.39, 0.29) is 42.7 Å².